The Hall–Kier alpha value is -3.80. The fourth-order valence-corrected chi connectivity index (χ4v) is 6.21. The standard InChI is InChI=1S/C37H35O4P.Li.H/c1-26-19-27(2)35(28(3)20-26)37(38)42-36-33(40-24-30-15-9-5-10-16-30)21-32(39-23-29-13-7-4-8-14-29)22-34(36)41-25-31-17-11-6-12-18-31;;/h4-22,42H,23-25H2,1-3H3;;. The third kappa shape index (κ3) is 8.85. The van der Waals surface area contributed by atoms with Crippen molar-refractivity contribution in [3.8, 4) is 17.2 Å². The van der Waals surface area contributed by atoms with Crippen LogP contribution < -0.4 is 19.5 Å². The average molecular weight is 583 g/mol. The van der Waals surface area contributed by atoms with Crippen molar-refractivity contribution in [2.24, 2.45) is 0 Å². The molecule has 4 nitrogen and oxygen atoms in total. The van der Waals surface area contributed by atoms with E-state index in [9.17, 15) is 4.79 Å². The molecule has 0 bridgehead atoms. The van der Waals surface area contributed by atoms with E-state index in [2.05, 4.69) is 19.1 Å². The van der Waals surface area contributed by atoms with Crippen LogP contribution in [0.3, 0.4) is 0 Å². The number of aryl methyl sites for hydroxylation is 3. The molecule has 0 aromatic heterocycles. The van der Waals surface area contributed by atoms with E-state index in [1.807, 2.05) is 117 Å². The molecular formula is C37H36LiO4P. The Labute approximate surface area is 268 Å². The first-order valence-corrected chi connectivity index (χ1v) is 15.0. The zero-order valence-electron chi connectivity index (χ0n) is 24.2. The van der Waals surface area contributed by atoms with Gasteiger partial charge in [-0.15, -0.1) is 0 Å². The van der Waals surface area contributed by atoms with Crippen LogP contribution in [0.2, 0.25) is 0 Å². The first-order chi connectivity index (χ1) is 20.5. The Morgan fingerprint density at radius 3 is 1.40 bits per heavy atom. The number of hydrogen-bond acceptors (Lipinski definition) is 4. The van der Waals surface area contributed by atoms with Crippen LogP contribution in [-0.4, -0.2) is 24.4 Å². The molecule has 6 heteroatoms. The van der Waals surface area contributed by atoms with Gasteiger partial charge in [0.25, 0.3) is 0 Å². The summed E-state index contributed by atoms with van der Waals surface area (Å²) in [5.74, 6) is 1.79. The average Bonchev–Trinajstić information content (AvgIpc) is 3.00. The maximum absolute atomic E-state index is 13.9. The molecule has 0 saturated carbocycles. The van der Waals surface area contributed by atoms with Gasteiger partial charge in [-0.2, -0.15) is 0 Å². The van der Waals surface area contributed by atoms with E-state index in [4.69, 9.17) is 14.2 Å². The van der Waals surface area contributed by atoms with Crippen molar-refractivity contribution in [3.63, 3.8) is 0 Å². The topological polar surface area (TPSA) is 44.8 Å². The second-order valence-electron chi connectivity index (χ2n) is 10.3. The molecule has 43 heavy (non-hydrogen) atoms. The Morgan fingerprint density at radius 1 is 0.581 bits per heavy atom. The summed E-state index contributed by atoms with van der Waals surface area (Å²) in [6.45, 7) is 7.16. The van der Waals surface area contributed by atoms with Gasteiger partial charge in [0, 0.05) is 17.7 Å². The first kappa shape index (κ1) is 32.1. The van der Waals surface area contributed by atoms with Crippen molar-refractivity contribution < 1.29 is 19.0 Å². The SMILES string of the molecule is Cc1cc(C)c(C(=O)Pc2c(OCc3ccccc3)cc(OCc3ccccc3)cc2OCc2ccccc2)c(C)c1.[LiH]. The van der Waals surface area contributed by atoms with Crippen LogP contribution in [0.15, 0.2) is 115 Å². The summed E-state index contributed by atoms with van der Waals surface area (Å²) in [7, 11) is -0.195. The molecule has 5 aromatic carbocycles. The molecule has 0 saturated heterocycles. The molecule has 5 aromatic rings. The fourth-order valence-electron chi connectivity index (χ4n) is 4.93. The Kier molecular flexibility index (Phi) is 11.7. The summed E-state index contributed by atoms with van der Waals surface area (Å²) in [6, 6.07) is 37.9. The molecule has 0 radical (unpaired) electrons. The minimum atomic E-state index is -0.195. The van der Waals surface area contributed by atoms with Gasteiger partial charge in [0.05, 0.1) is 5.30 Å². The van der Waals surface area contributed by atoms with Crippen LogP contribution in [0.25, 0.3) is 0 Å². The quantitative estimate of drug-likeness (QED) is 0.111. The van der Waals surface area contributed by atoms with Crippen LogP contribution in [0.5, 0.6) is 17.2 Å². The molecular weight excluding hydrogens is 546 g/mol. The van der Waals surface area contributed by atoms with E-state index in [0.29, 0.717) is 37.1 Å². The Balaban J connectivity index is 0.00000423. The monoisotopic (exact) mass is 582 g/mol. The second kappa shape index (κ2) is 15.6. The molecule has 0 N–H and O–H groups in total. The van der Waals surface area contributed by atoms with Crippen molar-refractivity contribution in [2.75, 3.05) is 0 Å². The van der Waals surface area contributed by atoms with Gasteiger partial charge in [-0.25, -0.2) is 0 Å². The molecule has 1 atom stereocenters. The summed E-state index contributed by atoms with van der Waals surface area (Å²) < 4.78 is 19.1. The number of ether oxygens (including phenoxy) is 3. The molecule has 0 amide bonds. The van der Waals surface area contributed by atoms with Gasteiger partial charge in [0.2, 0.25) is 0 Å². The molecule has 0 heterocycles. The van der Waals surface area contributed by atoms with Crippen LogP contribution >= 0.6 is 8.58 Å². The molecule has 1 unspecified atom stereocenters. The molecule has 214 valence electrons. The third-order valence-electron chi connectivity index (χ3n) is 6.90. The van der Waals surface area contributed by atoms with Gasteiger partial charge < -0.3 is 14.2 Å². The van der Waals surface area contributed by atoms with Crippen LogP contribution in [0.4, 0.5) is 0 Å². The van der Waals surface area contributed by atoms with E-state index >= 15 is 0 Å². The Bertz CT molecular complexity index is 1550. The van der Waals surface area contributed by atoms with Gasteiger partial charge in [-0.05, 0) is 57.2 Å². The second-order valence-corrected chi connectivity index (χ2v) is 11.5. The molecule has 0 aliphatic carbocycles. The predicted molar refractivity (Wildman–Crippen MR) is 179 cm³/mol. The van der Waals surface area contributed by atoms with Crippen molar-refractivity contribution in [1.29, 1.82) is 0 Å². The van der Waals surface area contributed by atoms with Crippen LogP contribution in [-0.2, 0) is 19.8 Å². The summed E-state index contributed by atoms with van der Waals surface area (Å²) in [5.41, 5.74) is 7.03. The van der Waals surface area contributed by atoms with Crippen LogP contribution in [0.1, 0.15) is 43.7 Å². The van der Waals surface area contributed by atoms with Gasteiger partial charge in [-0.3, -0.25) is 4.79 Å². The van der Waals surface area contributed by atoms with Gasteiger partial charge in [0.15, 0.2) is 5.52 Å². The Morgan fingerprint density at radius 2 is 0.977 bits per heavy atom. The molecule has 0 fully saturated rings. The molecule has 5 rings (SSSR count). The normalized spacial score (nSPS) is 10.8. The number of benzene rings is 5. The van der Waals surface area contributed by atoms with Gasteiger partial charge in [0.1, 0.15) is 37.1 Å². The number of hydrogen-bond donors (Lipinski definition) is 0. The first-order valence-electron chi connectivity index (χ1n) is 14.0. The fraction of sp³-hybridized carbons (Fsp3) is 0.162. The zero-order chi connectivity index (χ0) is 29.3. The molecule has 0 spiro atoms. The number of carbonyl (C=O) groups excluding carboxylic acids is 1. The van der Waals surface area contributed by atoms with Gasteiger partial charge in [-0.1, -0.05) is 109 Å². The van der Waals surface area contributed by atoms with Crippen molar-refractivity contribution in [2.45, 2.75) is 40.6 Å². The third-order valence-corrected chi connectivity index (χ3v) is 8.12. The van der Waals surface area contributed by atoms with Crippen molar-refractivity contribution in [3.05, 3.63) is 154 Å². The number of rotatable bonds is 12. The number of carbonyl (C=O) groups is 1. The van der Waals surface area contributed by atoms with E-state index < -0.39 is 0 Å². The van der Waals surface area contributed by atoms with E-state index in [0.717, 1.165) is 44.2 Å². The molecule has 0 aliphatic rings. The maximum atomic E-state index is 13.9. The van der Waals surface area contributed by atoms with Crippen LogP contribution in [0, 0.1) is 20.8 Å². The van der Waals surface area contributed by atoms with E-state index in [1.54, 1.807) is 0 Å². The predicted octanol–water partition coefficient (Wildman–Crippen LogP) is 7.84. The van der Waals surface area contributed by atoms with Crippen molar-refractivity contribution >= 4 is 38.3 Å². The minimum absolute atomic E-state index is 0. The van der Waals surface area contributed by atoms with Crippen molar-refractivity contribution in [1.82, 2.24) is 0 Å². The van der Waals surface area contributed by atoms with Gasteiger partial charge >= 0.3 is 18.9 Å². The molecule has 0 aliphatic heterocycles. The summed E-state index contributed by atoms with van der Waals surface area (Å²) in [4.78, 5) is 13.9. The summed E-state index contributed by atoms with van der Waals surface area (Å²) in [6.07, 6.45) is 0. The summed E-state index contributed by atoms with van der Waals surface area (Å²) >= 11 is 0. The van der Waals surface area contributed by atoms with E-state index in [-0.39, 0.29) is 33.0 Å². The summed E-state index contributed by atoms with van der Waals surface area (Å²) in [5, 5.41) is 0.735. The zero-order valence-corrected chi connectivity index (χ0v) is 25.2. The van der Waals surface area contributed by atoms with E-state index in [1.165, 1.54) is 0 Å².